The van der Waals surface area contributed by atoms with Crippen LogP contribution in [-0.4, -0.2) is 6.04 Å². The van der Waals surface area contributed by atoms with E-state index in [2.05, 4.69) is 28.9 Å². The van der Waals surface area contributed by atoms with Gasteiger partial charge in [0.25, 0.3) is 0 Å². The summed E-state index contributed by atoms with van der Waals surface area (Å²) in [6, 6.07) is 7.25. The highest BCUT2D eigenvalue weighted by molar-refractivity contribution is 7.09. The molecule has 2 rings (SSSR count). The third-order valence-corrected chi connectivity index (χ3v) is 3.93. The Kier molecular flexibility index (Phi) is 3.76. The normalized spacial score (nSPS) is 26.1. The van der Waals surface area contributed by atoms with Crippen molar-refractivity contribution in [2.75, 3.05) is 0 Å². The molecule has 0 radical (unpaired) electrons. The van der Waals surface area contributed by atoms with Crippen molar-refractivity contribution in [1.82, 2.24) is 5.32 Å². The van der Waals surface area contributed by atoms with E-state index in [0.29, 0.717) is 12.0 Å². The summed E-state index contributed by atoms with van der Waals surface area (Å²) in [5.41, 5.74) is 0. The lowest BCUT2D eigenvalue weighted by Gasteiger charge is -2.25. The minimum atomic E-state index is 0.310. The maximum absolute atomic E-state index is 8.79. The first-order valence-corrected chi connectivity index (χ1v) is 6.42. The van der Waals surface area contributed by atoms with Gasteiger partial charge in [0.05, 0.1) is 6.07 Å². The molecule has 0 aliphatic heterocycles. The summed E-state index contributed by atoms with van der Waals surface area (Å²) < 4.78 is 0. The van der Waals surface area contributed by atoms with Gasteiger partial charge in [-0.05, 0) is 37.1 Å². The van der Waals surface area contributed by atoms with Gasteiger partial charge in [0.15, 0.2) is 0 Å². The molecule has 0 aromatic carbocycles. The highest BCUT2D eigenvalue weighted by atomic mass is 32.1. The molecule has 0 bridgehead atoms. The van der Waals surface area contributed by atoms with E-state index < -0.39 is 0 Å². The number of nitrogens with zero attached hydrogens (tertiary/aromatic N) is 1. The van der Waals surface area contributed by atoms with Crippen LogP contribution in [0.5, 0.6) is 0 Å². The van der Waals surface area contributed by atoms with E-state index in [1.165, 1.54) is 4.88 Å². The predicted molar refractivity (Wildman–Crippen MR) is 62.5 cm³/mol. The maximum atomic E-state index is 8.79. The van der Waals surface area contributed by atoms with Gasteiger partial charge < -0.3 is 5.32 Å². The number of rotatable bonds is 3. The predicted octanol–water partition coefficient (Wildman–Crippen LogP) is 2.92. The minimum Gasteiger partial charge on any atom is -0.309 e. The van der Waals surface area contributed by atoms with E-state index in [1.54, 1.807) is 11.3 Å². The van der Waals surface area contributed by atoms with Gasteiger partial charge in [0, 0.05) is 23.4 Å². The molecule has 2 nitrogen and oxygen atoms in total. The van der Waals surface area contributed by atoms with Gasteiger partial charge in [0.2, 0.25) is 0 Å². The van der Waals surface area contributed by atoms with Crippen molar-refractivity contribution in [2.24, 2.45) is 5.92 Å². The number of hydrogen-bond donors (Lipinski definition) is 1. The smallest absolute Gasteiger partial charge is 0.0655 e. The van der Waals surface area contributed by atoms with Crippen LogP contribution in [0.3, 0.4) is 0 Å². The van der Waals surface area contributed by atoms with Crippen molar-refractivity contribution in [2.45, 2.75) is 38.3 Å². The van der Waals surface area contributed by atoms with E-state index in [0.717, 1.165) is 32.2 Å². The van der Waals surface area contributed by atoms with Crippen LogP contribution in [0.1, 0.15) is 30.6 Å². The average molecular weight is 220 g/mol. The molecule has 15 heavy (non-hydrogen) atoms. The number of hydrogen-bond acceptors (Lipinski definition) is 3. The van der Waals surface area contributed by atoms with Crippen LogP contribution in [0.2, 0.25) is 0 Å². The van der Waals surface area contributed by atoms with Crippen LogP contribution in [-0.2, 0) is 6.54 Å². The summed E-state index contributed by atoms with van der Waals surface area (Å²) >= 11 is 1.80. The molecule has 0 spiro atoms. The molecule has 1 heterocycles. The van der Waals surface area contributed by atoms with E-state index in [9.17, 15) is 0 Å². The number of nitrogens with one attached hydrogen (secondary N) is 1. The van der Waals surface area contributed by atoms with Crippen molar-refractivity contribution < 1.29 is 0 Å². The summed E-state index contributed by atoms with van der Waals surface area (Å²) in [6.07, 6.45) is 4.45. The molecule has 0 unspecified atom stereocenters. The molecule has 80 valence electrons. The van der Waals surface area contributed by atoms with Crippen molar-refractivity contribution in [3.05, 3.63) is 22.4 Å². The van der Waals surface area contributed by atoms with Crippen LogP contribution in [0, 0.1) is 17.2 Å². The molecule has 0 atom stereocenters. The van der Waals surface area contributed by atoms with Crippen LogP contribution < -0.4 is 5.32 Å². The molecule has 1 aromatic rings. The zero-order chi connectivity index (χ0) is 10.5. The number of thiophene rings is 1. The third-order valence-electron chi connectivity index (χ3n) is 3.05. The monoisotopic (exact) mass is 220 g/mol. The van der Waals surface area contributed by atoms with Gasteiger partial charge >= 0.3 is 0 Å². The van der Waals surface area contributed by atoms with Crippen LogP contribution in [0.25, 0.3) is 0 Å². The molecule has 1 aliphatic carbocycles. The Morgan fingerprint density at radius 1 is 1.40 bits per heavy atom. The average Bonchev–Trinajstić information content (AvgIpc) is 2.80. The quantitative estimate of drug-likeness (QED) is 0.850. The first kappa shape index (κ1) is 10.7. The lowest BCUT2D eigenvalue weighted by Crippen LogP contribution is -2.32. The van der Waals surface area contributed by atoms with Gasteiger partial charge in [-0.2, -0.15) is 5.26 Å². The molecule has 0 amide bonds. The Balaban J connectivity index is 1.71. The summed E-state index contributed by atoms with van der Waals surface area (Å²) in [6.45, 7) is 0.986. The summed E-state index contributed by atoms with van der Waals surface area (Å²) in [4.78, 5) is 1.40. The van der Waals surface area contributed by atoms with Crippen molar-refractivity contribution in [3.8, 4) is 6.07 Å². The summed E-state index contributed by atoms with van der Waals surface area (Å²) in [5.74, 6) is 0.310. The summed E-state index contributed by atoms with van der Waals surface area (Å²) in [5, 5.41) is 14.5. The molecule has 3 heteroatoms. The highest BCUT2D eigenvalue weighted by Gasteiger charge is 2.20. The van der Waals surface area contributed by atoms with Crippen LogP contribution in [0.15, 0.2) is 17.5 Å². The zero-order valence-corrected chi connectivity index (χ0v) is 9.59. The molecular formula is C12H16N2S. The van der Waals surface area contributed by atoms with Gasteiger partial charge in [0.1, 0.15) is 0 Å². The van der Waals surface area contributed by atoms with E-state index in [1.807, 2.05) is 0 Å². The third kappa shape index (κ3) is 3.05. The lowest BCUT2D eigenvalue weighted by atomic mass is 9.87. The molecule has 0 saturated heterocycles. The molecule has 1 aliphatic rings. The van der Waals surface area contributed by atoms with Gasteiger partial charge in [-0.15, -0.1) is 11.3 Å². The van der Waals surface area contributed by atoms with E-state index in [4.69, 9.17) is 5.26 Å². The number of nitriles is 1. The van der Waals surface area contributed by atoms with Crippen molar-refractivity contribution in [1.29, 1.82) is 5.26 Å². The second-order valence-corrected chi connectivity index (χ2v) is 5.17. The van der Waals surface area contributed by atoms with E-state index >= 15 is 0 Å². The summed E-state index contributed by atoms with van der Waals surface area (Å²) in [7, 11) is 0. The second kappa shape index (κ2) is 5.29. The molecule has 1 N–H and O–H groups in total. The van der Waals surface area contributed by atoms with Crippen molar-refractivity contribution in [3.63, 3.8) is 0 Å². The molecular weight excluding hydrogens is 204 g/mol. The Hall–Kier alpha value is -0.850. The Bertz CT molecular complexity index is 318. The van der Waals surface area contributed by atoms with Gasteiger partial charge in [-0.25, -0.2) is 0 Å². The maximum Gasteiger partial charge on any atom is 0.0655 e. The van der Waals surface area contributed by atoms with Crippen molar-refractivity contribution >= 4 is 11.3 Å². The Labute approximate surface area is 94.9 Å². The zero-order valence-electron chi connectivity index (χ0n) is 8.78. The van der Waals surface area contributed by atoms with Gasteiger partial charge in [-0.3, -0.25) is 0 Å². The first-order valence-electron chi connectivity index (χ1n) is 5.54. The van der Waals surface area contributed by atoms with Gasteiger partial charge in [-0.1, -0.05) is 6.07 Å². The largest absolute Gasteiger partial charge is 0.309 e. The highest BCUT2D eigenvalue weighted by Crippen LogP contribution is 2.23. The van der Waals surface area contributed by atoms with Crippen LogP contribution >= 0.6 is 11.3 Å². The second-order valence-electron chi connectivity index (χ2n) is 4.14. The first-order chi connectivity index (χ1) is 7.38. The SMILES string of the molecule is N#CC1CCC(NCc2cccs2)CC1. The standard InChI is InChI=1S/C12H16N2S/c13-8-10-3-5-11(6-4-10)14-9-12-2-1-7-15-12/h1-2,7,10-11,14H,3-6,9H2. The topological polar surface area (TPSA) is 35.8 Å². The minimum absolute atomic E-state index is 0.310. The fourth-order valence-corrected chi connectivity index (χ4v) is 2.74. The van der Waals surface area contributed by atoms with Crippen LogP contribution in [0.4, 0.5) is 0 Å². The fourth-order valence-electron chi connectivity index (χ4n) is 2.08. The lowest BCUT2D eigenvalue weighted by molar-refractivity contribution is 0.332. The molecule has 1 fully saturated rings. The van der Waals surface area contributed by atoms with E-state index in [-0.39, 0.29) is 0 Å². The molecule has 1 saturated carbocycles. The molecule has 1 aromatic heterocycles. The Morgan fingerprint density at radius 3 is 2.80 bits per heavy atom. The Morgan fingerprint density at radius 2 is 2.20 bits per heavy atom. The fraction of sp³-hybridized carbons (Fsp3) is 0.583.